The zero-order valence-electron chi connectivity index (χ0n) is 13.5. The first kappa shape index (κ1) is 17.0. The molecule has 0 heterocycles. The molecule has 2 N–H and O–H groups in total. The molecule has 0 aromatic heterocycles. The van der Waals surface area contributed by atoms with Gasteiger partial charge in [0.1, 0.15) is 5.75 Å². The highest BCUT2D eigenvalue weighted by Crippen LogP contribution is 2.24. The Hall–Kier alpha value is -1.02. The second kappa shape index (κ2) is 9.82. The summed E-state index contributed by atoms with van der Waals surface area (Å²) < 4.78 is 6.02. The predicted octanol–water partition coefficient (Wildman–Crippen LogP) is 4.62. The summed E-state index contributed by atoms with van der Waals surface area (Å²) in [5, 5.41) is 0. The molecule has 1 unspecified atom stereocenters. The van der Waals surface area contributed by atoms with Crippen molar-refractivity contribution in [3.63, 3.8) is 0 Å². The van der Waals surface area contributed by atoms with Crippen molar-refractivity contribution < 1.29 is 4.74 Å². The Morgan fingerprint density at radius 3 is 2.50 bits per heavy atom. The molecule has 1 rings (SSSR count). The first-order valence-corrected chi connectivity index (χ1v) is 8.12. The molecule has 0 bridgehead atoms. The van der Waals surface area contributed by atoms with E-state index in [0.29, 0.717) is 0 Å². The lowest BCUT2D eigenvalue weighted by Gasteiger charge is -2.15. The quantitative estimate of drug-likeness (QED) is 0.633. The smallest absolute Gasteiger partial charge is 0.125 e. The molecule has 0 aliphatic heterocycles. The van der Waals surface area contributed by atoms with E-state index in [1.54, 1.807) is 0 Å². The van der Waals surface area contributed by atoms with Crippen molar-refractivity contribution in [1.82, 2.24) is 0 Å². The van der Waals surface area contributed by atoms with Crippen LogP contribution in [0.1, 0.15) is 63.5 Å². The summed E-state index contributed by atoms with van der Waals surface area (Å²) in [5.41, 5.74) is 8.37. The van der Waals surface area contributed by atoms with Crippen LogP contribution < -0.4 is 10.5 Å². The fraction of sp³-hybridized carbons (Fsp3) is 0.667. The Bertz CT molecular complexity index is 374. The predicted molar refractivity (Wildman–Crippen MR) is 87.4 cm³/mol. The highest BCUT2D eigenvalue weighted by Gasteiger charge is 2.08. The van der Waals surface area contributed by atoms with Crippen LogP contribution in [-0.4, -0.2) is 12.6 Å². The fourth-order valence-corrected chi connectivity index (χ4v) is 2.48. The Balaban J connectivity index is 2.38. The molecule has 114 valence electrons. The van der Waals surface area contributed by atoms with Crippen LogP contribution in [0.3, 0.4) is 0 Å². The third-order valence-corrected chi connectivity index (χ3v) is 3.58. The lowest BCUT2D eigenvalue weighted by Crippen LogP contribution is -2.18. The average molecular weight is 277 g/mol. The summed E-state index contributed by atoms with van der Waals surface area (Å²) in [6, 6.07) is 6.51. The summed E-state index contributed by atoms with van der Waals surface area (Å²) in [6.07, 6.45) is 8.66. The van der Waals surface area contributed by atoms with E-state index >= 15 is 0 Å². The van der Waals surface area contributed by atoms with E-state index in [1.807, 2.05) is 6.92 Å². The summed E-state index contributed by atoms with van der Waals surface area (Å²) in [4.78, 5) is 0. The van der Waals surface area contributed by atoms with Crippen LogP contribution >= 0.6 is 0 Å². The molecule has 0 aliphatic carbocycles. The minimum atomic E-state index is 0.174. The highest BCUT2D eigenvalue weighted by atomic mass is 16.5. The average Bonchev–Trinajstić information content (AvgIpc) is 2.40. The molecule has 0 radical (unpaired) electrons. The Labute approximate surface area is 124 Å². The Morgan fingerprint density at radius 1 is 1.10 bits per heavy atom. The van der Waals surface area contributed by atoms with Crippen LogP contribution in [0.4, 0.5) is 0 Å². The molecule has 2 heteroatoms. The molecule has 1 aromatic carbocycles. The van der Waals surface area contributed by atoms with Crippen LogP contribution in [0.5, 0.6) is 5.75 Å². The minimum absolute atomic E-state index is 0.174. The second-order valence-corrected chi connectivity index (χ2v) is 5.86. The van der Waals surface area contributed by atoms with Gasteiger partial charge < -0.3 is 10.5 Å². The van der Waals surface area contributed by atoms with Crippen LogP contribution in [0.15, 0.2) is 18.2 Å². The zero-order chi connectivity index (χ0) is 14.8. The second-order valence-electron chi connectivity index (χ2n) is 5.86. The molecule has 20 heavy (non-hydrogen) atoms. The van der Waals surface area contributed by atoms with Crippen LogP contribution in [0.2, 0.25) is 0 Å². The third kappa shape index (κ3) is 6.42. The largest absolute Gasteiger partial charge is 0.493 e. The Morgan fingerprint density at radius 2 is 1.80 bits per heavy atom. The number of rotatable bonds is 10. The van der Waals surface area contributed by atoms with Gasteiger partial charge in [0.15, 0.2) is 0 Å². The van der Waals surface area contributed by atoms with Gasteiger partial charge in [-0.05, 0) is 37.8 Å². The van der Waals surface area contributed by atoms with E-state index in [1.165, 1.54) is 43.2 Å². The topological polar surface area (TPSA) is 35.2 Å². The van der Waals surface area contributed by atoms with Crippen molar-refractivity contribution >= 4 is 0 Å². The highest BCUT2D eigenvalue weighted by molar-refractivity contribution is 5.41. The summed E-state index contributed by atoms with van der Waals surface area (Å²) in [7, 11) is 0. The number of hydrogen-bond acceptors (Lipinski definition) is 2. The van der Waals surface area contributed by atoms with Gasteiger partial charge in [-0.3, -0.25) is 0 Å². The summed E-state index contributed by atoms with van der Waals surface area (Å²) >= 11 is 0. The first-order chi connectivity index (χ1) is 9.65. The van der Waals surface area contributed by atoms with E-state index in [9.17, 15) is 0 Å². The van der Waals surface area contributed by atoms with Crippen molar-refractivity contribution in [2.24, 2.45) is 5.73 Å². The van der Waals surface area contributed by atoms with Crippen molar-refractivity contribution in [3.05, 3.63) is 29.3 Å². The molecule has 0 aliphatic rings. The molecule has 1 atom stereocenters. The molecular formula is C18H31NO. The molecular weight excluding hydrogens is 246 g/mol. The van der Waals surface area contributed by atoms with E-state index < -0.39 is 0 Å². The van der Waals surface area contributed by atoms with Gasteiger partial charge in [0.25, 0.3) is 0 Å². The number of hydrogen-bond donors (Lipinski definition) is 1. The van der Waals surface area contributed by atoms with Gasteiger partial charge in [-0.25, -0.2) is 0 Å². The maximum Gasteiger partial charge on any atom is 0.125 e. The van der Waals surface area contributed by atoms with Crippen molar-refractivity contribution in [2.45, 2.75) is 71.8 Å². The summed E-state index contributed by atoms with van der Waals surface area (Å²) in [5.74, 6) is 1.05. The standard InChI is InChI=1S/C18H31NO/c1-4-5-6-7-8-9-13-20-18-15(2)11-10-12-17(18)14-16(3)19/h10-12,16H,4-9,13-14,19H2,1-3H3. The molecule has 0 spiro atoms. The van der Waals surface area contributed by atoms with Gasteiger partial charge in [0, 0.05) is 6.04 Å². The number of ether oxygens (including phenoxy) is 1. The Kier molecular flexibility index (Phi) is 8.36. The summed E-state index contributed by atoms with van der Waals surface area (Å²) in [6.45, 7) is 7.23. The van der Waals surface area contributed by atoms with Gasteiger partial charge in [-0.1, -0.05) is 57.2 Å². The van der Waals surface area contributed by atoms with E-state index in [4.69, 9.17) is 10.5 Å². The van der Waals surface area contributed by atoms with Gasteiger partial charge in [0.05, 0.1) is 6.61 Å². The first-order valence-electron chi connectivity index (χ1n) is 8.12. The van der Waals surface area contributed by atoms with Gasteiger partial charge in [-0.2, -0.15) is 0 Å². The molecule has 0 fully saturated rings. The van der Waals surface area contributed by atoms with Crippen molar-refractivity contribution in [2.75, 3.05) is 6.61 Å². The molecule has 1 aromatic rings. The molecule has 2 nitrogen and oxygen atoms in total. The number of benzene rings is 1. The maximum absolute atomic E-state index is 6.02. The molecule has 0 amide bonds. The van der Waals surface area contributed by atoms with Gasteiger partial charge >= 0.3 is 0 Å². The number of aryl methyl sites for hydroxylation is 1. The SMILES string of the molecule is CCCCCCCCOc1c(C)cccc1CC(C)N. The molecule has 0 saturated carbocycles. The molecule has 0 saturated heterocycles. The van der Waals surface area contributed by atoms with Gasteiger partial charge in [-0.15, -0.1) is 0 Å². The number of para-hydroxylation sites is 1. The van der Waals surface area contributed by atoms with Crippen molar-refractivity contribution in [3.8, 4) is 5.75 Å². The maximum atomic E-state index is 6.02. The fourth-order valence-electron chi connectivity index (χ4n) is 2.48. The monoisotopic (exact) mass is 277 g/mol. The number of nitrogens with two attached hydrogens (primary N) is 1. The lowest BCUT2D eigenvalue weighted by molar-refractivity contribution is 0.299. The lowest BCUT2D eigenvalue weighted by atomic mass is 10.0. The van der Waals surface area contributed by atoms with E-state index in [2.05, 4.69) is 32.0 Å². The zero-order valence-corrected chi connectivity index (χ0v) is 13.5. The van der Waals surface area contributed by atoms with Gasteiger partial charge in [0.2, 0.25) is 0 Å². The normalized spacial score (nSPS) is 12.4. The van der Waals surface area contributed by atoms with E-state index in [-0.39, 0.29) is 6.04 Å². The minimum Gasteiger partial charge on any atom is -0.493 e. The van der Waals surface area contributed by atoms with Crippen LogP contribution in [0, 0.1) is 6.92 Å². The van der Waals surface area contributed by atoms with Crippen molar-refractivity contribution in [1.29, 1.82) is 0 Å². The third-order valence-electron chi connectivity index (χ3n) is 3.58. The van der Waals surface area contributed by atoms with Crippen LogP contribution in [-0.2, 0) is 6.42 Å². The van der Waals surface area contributed by atoms with E-state index in [0.717, 1.165) is 25.2 Å². The number of unbranched alkanes of at least 4 members (excludes halogenated alkanes) is 5. The van der Waals surface area contributed by atoms with Crippen LogP contribution in [0.25, 0.3) is 0 Å².